The SMILES string of the molecule is CCOc1c(Br)cc(/C=N\Nc2nc(C)cc(=O)[nH]2)cc1OC. The molecule has 0 aliphatic rings. The summed E-state index contributed by atoms with van der Waals surface area (Å²) in [6.07, 6.45) is 1.59. The molecule has 1 heterocycles. The van der Waals surface area contributed by atoms with Gasteiger partial charge in [0, 0.05) is 11.8 Å². The largest absolute Gasteiger partial charge is 0.493 e. The third kappa shape index (κ3) is 4.56. The molecule has 0 atom stereocenters. The van der Waals surface area contributed by atoms with Crippen molar-refractivity contribution in [3.8, 4) is 11.5 Å². The fraction of sp³-hybridized carbons (Fsp3) is 0.267. The van der Waals surface area contributed by atoms with Gasteiger partial charge in [0.1, 0.15) is 0 Å². The van der Waals surface area contributed by atoms with E-state index in [0.29, 0.717) is 23.8 Å². The van der Waals surface area contributed by atoms with E-state index in [1.807, 2.05) is 13.0 Å². The van der Waals surface area contributed by atoms with E-state index in [1.54, 1.807) is 26.3 Å². The van der Waals surface area contributed by atoms with Gasteiger partial charge in [-0.25, -0.2) is 10.4 Å². The molecule has 2 rings (SSSR count). The summed E-state index contributed by atoms with van der Waals surface area (Å²) in [5.74, 6) is 1.53. The van der Waals surface area contributed by atoms with Crippen LogP contribution in [0.4, 0.5) is 5.95 Å². The molecule has 1 aromatic heterocycles. The van der Waals surface area contributed by atoms with Crippen molar-refractivity contribution in [1.82, 2.24) is 9.97 Å². The number of hydrazone groups is 1. The van der Waals surface area contributed by atoms with Gasteiger partial charge in [-0.2, -0.15) is 5.10 Å². The number of aromatic nitrogens is 2. The molecule has 0 aliphatic heterocycles. The highest BCUT2D eigenvalue weighted by molar-refractivity contribution is 9.10. The van der Waals surface area contributed by atoms with Crippen LogP contribution in [0.5, 0.6) is 11.5 Å². The zero-order valence-corrected chi connectivity index (χ0v) is 14.6. The van der Waals surface area contributed by atoms with Crippen LogP contribution in [-0.2, 0) is 0 Å². The van der Waals surface area contributed by atoms with Crippen LogP contribution in [0.1, 0.15) is 18.2 Å². The molecule has 2 aromatic rings. The summed E-state index contributed by atoms with van der Waals surface area (Å²) < 4.78 is 11.6. The fourth-order valence-corrected chi connectivity index (χ4v) is 2.47. The summed E-state index contributed by atoms with van der Waals surface area (Å²) >= 11 is 3.45. The summed E-state index contributed by atoms with van der Waals surface area (Å²) in [6, 6.07) is 5.06. The van der Waals surface area contributed by atoms with E-state index in [9.17, 15) is 4.79 Å². The minimum absolute atomic E-state index is 0.235. The molecule has 122 valence electrons. The maximum absolute atomic E-state index is 11.3. The van der Waals surface area contributed by atoms with Crippen molar-refractivity contribution >= 4 is 28.1 Å². The third-order valence-corrected chi connectivity index (χ3v) is 3.38. The molecular formula is C15H17BrN4O3. The Bertz CT molecular complexity index is 774. The van der Waals surface area contributed by atoms with Crippen molar-refractivity contribution in [2.24, 2.45) is 5.10 Å². The van der Waals surface area contributed by atoms with E-state index >= 15 is 0 Å². The first-order valence-corrected chi connectivity index (χ1v) is 7.70. The van der Waals surface area contributed by atoms with Gasteiger partial charge in [0.05, 0.1) is 24.4 Å². The summed E-state index contributed by atoms with van der Waals surface area (Å²) in [7, 11) is 1.57. The first kappa shape index (κ1) is 17.0. The molecule has 0 bridgehead atoms. The van der Waals surface area contributed by atoms with Crippen LogP contribution in [0.15, 0.2) is 32.6 Å². The van der Waals surface area contributed by atoms with Gasteiger partial charge in [-0.1, -0.05) is 0 Å². The average Bonchev–Trinajstić information content (AvgIpc) is 2.48. The van der Waals surface area contributed by atoms with Gasteiger partial charge < -0.3 is 9.47 Å². The lowest BCUT2D eigenvalue weighted by atomic mass is 10.2. The zero-order chi connectivity index (χ0) is 16.8. The molecule has 2 N–H and O–H groups in total. The van der Waals surface area contributed by atoms with Gasteiger partial charge >= 0.3 is 0 Å². The fourth-order valence-electron chi connectivity index (χ4n) is 1.90. The lowest BCUT2D eigenvalue weighted by Gasteiger charge is -2.11. The second-order valence-corrected chi connectivity index (χ2v) is 5.43. The van der Waals surface area contributed by atoms with Crippen LogP contribution in [0, 0.1) is 6.92 Å². The minimum atomic E-state index is -0.235. The number of hydrogen-bond donors (Lipinski definition) is 2. The van der Waals surface area contributed by atoms with Gasteiger partial charge in [-0.3, -0.25) is 9.78 Å². The van der Waals surface area contributed by atoms with Crippen LogP contribution in [0.2, 0.25) is 0 Å². The molecule has 0 fully saturated rings. The molecule has 0 spiro atoms. The molecule has 0 amide bonds. The number of halogens is 1. The number of H-pyrrole nitrogens is 1. The smallest absolute Gasteiger partial charge is 0.252 e. The van der Waals surface area contributed by atoms with Crippen molar-refractivity contribution in [3.05, 3.63) is 44.3 Å². The van der Waals surface area contributed by atoms with E-state index in [1.165, 1.54) is 6.07 Å². The number of ether oxygens (including phenoxy) is 2. The predicted octanol–water partition coefficient (Wildman–Crippen LogP) is 2.69. The molecule has 0 unspecified atom stereocenters. The van der Waals surface area contributed by atoms with Crippen LogP contribution < -0.4 is 20.5 Å². The molecule has 23 heavy (non-hydrogen) atoms. The first-order valence-electron chi connectivity index (χ1n) is 6.91. The number of nitrogens with one attached hydrogen (secondary N) is 2. The van der Waals surface area contributed by atoms with Crippen molar-refractivity contribution < 1.29 is 9.47 Å². The highest BCUT2D eigenvalue weighted by Crippen LogP contribution is 2.36. The number of anilines is 1. The molecule has 8 heteroatoms. The maximum atomic E-state index is 11.3. The van der Waals surface area contributed by atoms with Crippen molar-refractivity contribution in [2.75, 3.05) is 19.1 Å². The predicted molar refractivity (Wildman–Crippen MR) is 92.7 cm³/mol. The molecule has 7 nitrogen and oxygen atoms in total. The average molecular weight is 381 g/mol. The van der Waals surface area contributed by atoms with Crippen LogP contribution in [-0.4, -0.2) is 29.9 Å². The van der Waals surface area contributed by atoms with Crippen LogP contribution in [0.25, 0.3) is 0 Å². The van der Waals surface area contributed by atoms with Crippen molar-refractivity contribution in [2.45, 2.75) is 13.8 Å². The standard InChI is InChI=1S/C15H17BrN4O3/c1-4-23-14-11(16)6-10(7-12(14)22-3)8-17-20-15-18-9(2)5-13(21)19-15/h5-8H,4H2,1-3H3,(H2,18,19,20,21)/b17-8-. The number of aryl methyl sites for hydroxylation is 1. The molecule has 0 saturated heterocycles. The number of aromatic amines is 1. The number of rotatable bonds is 6. The number of methoxy groups -OCH3 is 1. The molecule has 1 aromatic carbocycles. The van der Waals surface area contributed by atoms with E-state index < -0.39 is 0 Å². The van der Waals surface area contributed by atoms with Gasteiger partial charge in [0.25, 0.3) is 5.56 Å². The van der Waals surface area contributed by atoms with E-state index in [2.05, 4.69) is 36.4 Å². The molecule has 0 radical (unpaired) electrons. The highest BCUT2D eigenvalue weighted by atomic mass is 79.9. The van der Waals surface area contributed by atoms with Crippen molar-refractivity contribution in [3.63, 3.8) is 0 Å². The van der Waals surface area contributed by atoms with Gasteiger partial charge in [-0.15, -0.1) is 0 Å². The quantitative estimate of drug-likeness (QED) is 0.593. The second-order valence-electron chi connectivity index (χ2n) is 4.57. The monoisotopic (exact) mass is 380 g/mol. The lowest BCUT2D eigenvalue weighted by Crippen LogP contribution is -2.10. The number of nitrogens with zero attached hydrogens (tertiary/aromatic N) is 2. The third-order valence-electron chi connectivity index (χ3n) is 2.79. The first-order chi connectivity index (χ1) is 11.0. The topological polar surface area (TPSA) is 88.6 Å². The van der Waals surface area contributed by atoms with E-state index in [4.69, 9.17) is 9.47 Å². The Labute approximate surface area is 141 Å². The van der Waals surface area contributed by atoms with Crippen LogP contribution in [0.3, 0.4) is 0 Å². The summed E-state index contributed by atoms with van der Waals surface area (Å²) in [5, 5.41) is 4.06. The normalized spacial score (nSPS) is 10.8. The summed E-state index contributed by atoms with van der Waals surface area (Å²) in [5.41, 5.74) is 3.85. The lowest BCUT2D eigenvalue weighted by molar-refractivity contribution is 0.309. The zero-order valence-electron chi connectivity index (χ0n) is 13.0. The minimum Gasteiger partial charge on any atom is -0.493 e. The summed E-state index contributed by atoms with van der Waals surface area (Å²) in [6.45, 7) is 4.18. The Morgan fingerprint density at radius 3 is 2.87 bits per heavy atom. The van der Waals surface area contributed by atoms with Crippen LogP contribution >= 0.6 is 15.9 Å². The van der Waals surface area contributed by atoms with E-state index in [-0.39, 0.29) is 11.5 Å². The number of hydrogen-bond acceptors (Lipinski definition) is 6. The van der Waals surface area contributed by atoms with Gasteiger partial charge in [-0.05, 0) is 47.5 Å². The second kappa shape index (κ2) is 7.77. The molecular weight excluding hydrogens is 364 g/mol. The van der Waals surface area contributed by atoms with E-state index in [0.717, 1.165) is 10.0 Å². The number of benzene rings is 1. The Balaban J connectivity index is 2.19. The highest BCUT2D eigenvalue weighted by Gasteiger charge is 2.10. The molecule has 0 aliphatic carbocycles. The Kier molecular flexibility index (Phi) is 5.75. The van der Waals surface area contributed by atoms with Crippen molar-refractivity contribution in [1.29, 1.82) is 0 Å². The molecule has 0 saturated carbocycles. The Morgan fingerprint density at radius 2 is 2.22 bits per heavy atom. The Morgan fingerprint density at radius 1 is 1.43 bits per heavy atom. The summed E-state index contributed by atoms with van der Waals surface area (Å²) in [4.78, 5) is 18.0. The van der Waals surface area contributed by atoms with Gasteiger partial charge in [0.15, 0.2) is 11.5 Å². The Hall–Kier alpha value is -2.35. The maximum Gasteiger partial charge on any atom is 0.252 e. The van der Waals surface area contributed by atoms with Gasteiger partial charge in [0.2, 0.25) is 5.95 Å².